The highest BCUT2D eigenvalue weighted by Crippen LogP contribution is 2.43. The summed E-state index contributed by atoms with van der Waals surface area (Å²) >= 11 is 0. The van der Waals surface area contributed by atoms with Crippen molar-refractivity contribution in [2.45, 2.75) is 64.2 Å². The molecule has 0 radical (unpaired) electrons. The zero-order valence-electron chi connectivity index (χ0n) is 22.1. The first-order valence-corrected chi connectivity index (χ1v) is 12.9. The molecule has 4 aromatic rings. The van der Waals surface area contributed by atoms with Crippen molar-refractivity contribution in [1.82, 2.24) is 0 Å². The van der Waals surface area contributed by atoms with Crippen LogP contribution in [-0.2, 0) is 10.8 Å². The van der Waals surface area contributed by atoms with E-state index in [1.807, 2.05) is 36.4 Å². The van der Waals surface area contributed by atoms with E-state index in [2.05, 4.69) is 95.3 Å². The van der Waals surface area contributed by atoms with Gasteiger partial charge in [-0.15, -0.1) is 0 Å². The highest BCUT2D eigenvalue weighted by Gasteiger charge is 2.29. The molecule has 36 heavy (non-hydrogen) atoms. The predicted octanol–water partition coefficient (Wildman–Crippen LogP) is 8.68. The van der Waals surface area contributed by atoms with Crippen molar-refractivity contribution in [1.29, 1.82) is 0 Å². The van der Waals surface area contributed by atoms with Gasteiger partial charge in [0, 0.05) is 27.9 Å². The van der Waals surface area contributed by atoms with Gasteiger partial charge in [0.25, 0.3) is 0 Å². The topological polar surface area (TPSA) is 40.5 Å². The Bertz CT molecular complexity index is 1200. The predicted molar refractivity (Wildman–Crippen MR) is 150 cm³/mol. The van der Waals surface area contributed by atoms with Gasteiger partial charge >= 0.3 is 0 Å². The van der Waals surface area contributed by atoms with E-state index < -0.39 is 0 Å². The van der Waals surface area contributed by atoms with Crippen molar-refractivity contribution in [2.24, 2.45) is 0 Å². The van der Waals surface area contributed by atoms with Gasteiger partial charge in [-0.05, 0) is 40.8 Å². The van der Waals surface area contributed by atoms with Crippen molar-refractivity contribution >= 4 is 0 Å². The molecule has 4 rings (SSSR count). The molecule has 2 nitrogen and oxygen atoms in total. The van der Waals surface area contributed by atoms with Crippen LogP contribution in [0.25, 0.3) is 0 Å². The van der Waals surface area contributed by atoms with Crippen molar-refractivity contribution < 1.29 is 10.2 Å². The zero-order chi connectivity index (χ0) is 25.9. The molecule has 4 aromatic carbocycles. The molecule has 0 aromatic heterocycles. The normalized spacial score (nSPS) is 12.2. The fourth-order valence-electron chi connectivity index (χ4n) is 5.25. The van der Waals surface area contributed by atoms with E-state index >= 15 is 0 Å². The van der Waals surface area contributed by atoms with Crippen molar-refractivity contribution in [3.05, 3.63) is 130 Å². The summed E-state index contributed by atoms with van der Waals surface area (Å²) < 4.78 is 0. The summed E-state index contributed by atoms with van der Waals surface area (Å²) in [6, 6.07) is 32.9. The van der Waals surface area contributed by atoms with E-state index in [1.165, 1.54) is 11.1 Å². The molecule has 2 N–H and O–H groups in total. The lowest BCUT2D eigenvalue weighted by Crippen LogP contribution is -2.20. The lowest BCUT2D eigenvalue weighted by molar-refractivity contribution is 0.449. The zero-order valence-corrected chi connectivity index (χ0v) is 22.1. The van der Waals surface area contributed by atoms with Gasteiger partial charge in [-0.1, -0.05) is 126 Å². The second-order valence-corrected chi connectivity index (χ2v) is 10.9. The van der Waals surface area contributed by atoms with Crippen LogP contribution in [0, 0.1) is 0 Å². The number of hydrogen-bond acceptors (Lipinski definition) is 2. The van der Waals surface area contributed by atoms with Crippen LogP contribution in [0.4, 0.5) is 0 Å². The molecule has 0 saturated heterocycles. The number of benzene rings is 4. The molecular weight excluding hydrogens is 440 g/mol. The van der Waals surface area contributed by atoms with Gasteiger partial charge in [-0.2, -0.15) is 0 Å². The maximum atomic E-state index is 11.0. The third-order valence-electron chi connectivity index (χ3n) is 7.82. The lowest BCUT2D eigenvalue weighted by Gasteiger charge is -2.30. The second-order valence-electron chi connectivity index (χ2n) is 10.9. The Morgan fingerprint density at radius 2 is 0.944 bits per heavy atom. The Kier molecular flexibility index (Phi) is 7.26. The molecule has 0 atom stereocenters. The van der Waals surface area contributed by atoms with Gasteiger partial charge in [0.1, 0.15) is 11.5 Å². The van der Waals surface area contributed by atoms with E-state index in [-0.39, 0.29) is 28.2 Å². The van der Waals surface area contributed by atoms with E-state index in [1.54, 1.807) is 0 Å². The molecule has 0 bridgehead atoms. The standard InChI is InChI=1S/C34H38O2/c1-6-13-28(29-22-26(18-20-31(29)35)33(2,3)24-14-9-7-10-15-24)30-23-27(19-21-32(30)36)34(4,5)25-16-11-8-12-17-25/h7-12,14-23,28,35-36H,6,13H2,1-5H3. The third-order valence-corrected chi connectivity index (χ3v) is 7.82. The molecule has 2 heteroatoms. The van der Waals surface area contributed by atoms with Crippen molar-refractivity contribution in [3.63, 3.8) is 0 Å². The first-order valence-electron chi connectivity index (χ1n) is 12.9. The molecule has 0 amide bonds. The average molecular weight is 479 g/mol. The Morgan fingerprint density at radius 3 is 1.31 bits per heavy atom. The fraction of sp³-hybridized carbons (Fsp3) is 0.294. The maximum absolute atomic E-state index is 11.0. The average Bonchev–Trinajstić information content (AvgIpc) is 2.89. The highest BCUT2D eigenvalue weighted by atomic mass is 16.3. The molecule has 186 valence electrons. The highest BCUT2D eigenvalue weighted by molar-refractivity contribution is 5.52. The van der Waals surface area contributed by atoms with Crippen LogP contribution >= 0.6 is 0 Å². The minimum atomic E-state index is -0.223. The first-order chi connectivity index (χ1) is 17.2. The number of aromatic hydroxyl groups is 2. The SMILES string of the molecule is CCCC(c1cc(C(C)(C)c2ccccc2)ccc1O)c1cc(C(C)(C)c2ccccc2)ccc1O. The van der Waals surface area contributed by atoms with Crippen LogP contribution in [0.2, 0.25) is 0 Å². The first kappa shape index (κ1) is 25.6. The molecular formula is C34H38O2. The summed E-state index contributed by atoms with van der Waals surface area (Å²) in [5.74, 6) is 0.425. The minimum Gasteiger partial charge on any atom is -0.508 e. The van der Waals surface area contributed by atoms with Gasteiger partial charge in [-0.3, -0.25) is 0 Å². The van der Waals surface area contributed by atoms with Crippen LogP contribution < -0.4 is 0 Å². The minimum absolute atomic E-state index is 0.118. The quantitative estimate of drug-likeness (QED) is 0.266. The van der Waals surface area contributed by atoms with Crippen LogP contribution in [0.1, 0.15) is 86.8 Å². The van der Waals surface area contributed by atoms with Gasteiger partial charge < -0.3 is 10.2 Å². The summed E-state index contributed by atoms with van der Waals surface area (Å²) in [6.45, 7) is 11.0. The number of hydrogen-bond donors (Lipinski definition) is 2. The number of phenols is 2. The Hall–Kier alpha value is -3.52. The van der Waals surface area contributed by atoms with Crippen LogP contribution in [0.15, 0.2) is 97.1 Å². The molecule has 0 heterocycles. The molecule has 0 spiro atoms. The Labute approximate surface area is 216 Å². The summed E-state index contributed by atoms with van der Waals surface area (Å²) in [7, 11) is 0. The molecule has 0 aliphatic carbocycles. The maximum Gasteiger partial charge on any atom is 0.119 e. The van der Waals surface area contributed by atoms with E-state index in [0.717, 1.165) is 35.1 Å². The Morgan fingerprint density at radius 1 is 0.556 bits per heavy atom. The summed E-state index contributed by atoms with van der Waals surface area (Å²) in [6.07, 6.45) is 1.76. The monoisotopic (exact) mass is 478 g/mol. The van der Waals surface area contributed by atoms with Crippen LogP contribution in [0.3, 0.4) is 0 Å². The lowest BCUT2D eigenvalue weighted by atomic mass is 9.74. The Balaban J connectivity index is 1.82. The smallest absolute Gasteiger partial charge is 0.119 e. The molecule has 0 aliphatic rings. The number of rotatable bonds is 8. The van der Waals surface area contributed by atoms with E-state index in [9.17, 15) is 10.2 Å². The van der Waals surface area contributed by atoms with E-state index in [0.29, 0.717) is 0 Å². The van der Waals surface area contributed by atoms with Gasteiger partial charge in [0.2, 0.25) is 0 Å². The van der Waals surface area contributed by atoms with Crippen LogP contribution in [0.5, 0.6) is 11.5 Å². The van der Waals surface area contributed by atoms with Gasteiger partial charge in [0.15, 0.2) is 0 Å². The second kappa shape index (κ2) is 10.2. The molecule has 0 fully saturated rings. The number of phenolic OH excluding ortho intramolecular Hbond substituents is 2. The van der Waals surface area contributed by atoms with Crippen molar-refractivity contribution in [3.8, 4) is 11.5 Å². The summed E-state index contributed by atoms with van der Waals surface area (Å²) in [5.41, 5.74) is 6.02. The van der Waals surface area contributed by atoms with Gasteiger partial charge in [0.05, 0.1) is 0 Å². The summed E-state index contributed by atoms with van der Waals surface area (Å²) in [5, 5.41) is 22.1. The van der Waals surface area contributed by atoms with Crippen molar-refractivity contribution in [2.75, 3.05) is 0 Å². The molecule has 0 aliphatic heterocycles. The molecule has 0 unspecified atom stereocenters. The van der Waals surface area contributed by atoms with E-state index in [4.69, 9.17) is 0 Å². The third kappa shape index (κ3) is 4.91. The summed E-state index contributed by atoms with van der Waals surface area (Å²) in [4.78, 5) is 0. The largest absolute Gasteiger partial charge is 0.508 e. The molecule has 0 saturated carbocycles. The van der Waals surface area contributed by atoms with Crippen LogP contribution in [-0.4, -0.2) is 10.2 Å². The van der Waals surface area contributed by atoms with Gasteiger partial charge in [-0.25, -0.2) is 0 Å². The fourth-order valence-corrected chi connectivity index (χ4v) is 5.25.